The topological polar surface area (TPSA) is 29.5 Å². The van der Waals surface area contributed by atoms with E-state index in [0.29, 0.717) is 17.7 Å². The molecule has 1 aliphatic rings. The van der Waals surface area contributed by atoms with Gasteiger partial charge in [-0.25, -0.2) is 0 Å². The molecule has 1 fully saturated rings. The number of aliphatic hydroxyl groups excluding tert-OH is 1. The van der Waals surface area contributed by atoms with Crippen molar-refractivity contribution in [2.45, 2.75) is 77.6 Å². The quantitative estimate of drug-likeness (QED) is 0.777. The number of rotatable bonds is 3. The number of aliphatic hydroxyl groups is 1. The lowest BCUT2D eigenvalue weighted by molar-refractivity contribution is 0.0407. The van der Waals surface area contributed by atoms with E-state index in [1.807, 2.05) is 0 Å². The SMILES string of the molecule is CC1(CO)CCC(O[Si](C)(C)C(C)(C)C)CC1. The van der Waals surface area contributed by atoms with Gasteiger partial charge in [-0.05, 0) is 49.2 Å². The van der Waals surface area contributed by atoms with Crippen molar-refractivity contribution in [3.63, 3.8) is 0 Å². The molecule has 1 rings (SSSR count). The third kappa shape index (κ3) is 3.80. The molecule has 0 unspecified atom stereocenters. The van der Waals surface area contributed by atoms with Gasteiger partial charge in [0, 0.05) is 12.7 Å². The number of hydrogen-bond donors (Lipinski definition) is 1. The highest BCUT2D eigenvalue weighted by atomic mass is 28.4. The van der Waals surface area contributed by atoms with E-state index < -0.39 is 8.32 Å². The van der Waals surface area contributed by atoms with Gasteiger partial charge in [0.15, 0.2) is 8.32 Å². The predicted octanol–water partition coefficient (Wildman–Crippen LogP) is 3.95. The lowest BCUT2D eigenvalue weighted by atomic mass is 9.75. The molecule has 1 N–H and O–H groups in total. The van der Waals surface area contributed by atoms with E-state index in [0.717, 1.165) is 25.7 Å². The summed E-state index contributed by atoms with van der Waals surface area (Å²) >= 11 is 0. The fraction of sp³-hybridized carbons (Fsp3) is 1.00. The Kier molecular flexibility index (Phi) is 4.49. The minimum atomic E-state index is -1.61. The maximum atomic E-state index is 9.37. The Balaban J connectivity index is 2.51. The second-order valence-corrected chi connectivity index (χ2v) is 12.3. The summed E-state index contributed by atoms with van der Waals surface area (Å²) in [6, 6.07) is 0. The highest BCUT2D eigenvalue weighted by Crippen LogP contribution is 2.42. The summed E-state index contributed by atoms with van der Waals surface area (Å²) < 4.78 is 6.44. The van der Waals surface area contributed by atoms with Gasteiger partial charge in [0.2, 0.25) is 0 Å². The largest absolute Gasteiger partial charge is 0.414 e. The Bertz CT molecular complexity index is 247. The van der Waals surface area contributed by atoms with Crippen LogP contribution < -0.4 is 0 Å². The molecule has 0 aromatic carbocycles. The molecular weight excluding hydrogens is 228 g/mol. The van der Waals surface area contributed by atoms with E-state index >= 15 is 0 Å². The Morgan fingerprint density at radius 3 is 2.06 bits per heavy atom. The lowest BCUT2D eigenvalue weighted by Gasteiger charge is -2.43. The van der Waals surface area contributed by atoms with Crippen LogP contribution in [0.4, 0.5) is 0 Å². The lowest BCUT2D eigenvalue weighted by Crippen LogP contribution is -2.45. The molecule has 0 spiro atoms. The highest BCUT2D eigenvalue weighted by Gasteiger charge is 2.40. The standard InChI is InChI=1S/C14H30O2Si/c1-13(2,3)17(5,6)16-12-7-9-14(4,11-15)10-8-12/h12,15H,7-11H2,1-6H3. The summed E-state index contributed by atoms with van der Waals surface area (Å²) in [6.45, 7) is 14.0. The second-order valence-electron chi connectivity index (χ2n) is 7.55. The maximum Gasteiger partial charge on any atom is 0.192 e. The first kappa shape index (κ1) is 15.2. The van der Waals surface area contributed by atoms with Gasteiger partial charge in [0.25, 0.3) is 0 Å². The van der Waals surface area contributed by atoms with Crippen LogP contribution in [0.1, 0.15) is 53.4 Å². The molecule has 102 valence electrons. The van der Waals surface area contributed by atoms with Gasteiger partial charge < -0.3 is 9.53 Å². The highest BCUT2D eigenvalue weighted by molar-refractivity contribution is 6.74. The average molecular weight is 258 g/mol. The molecule has 1 aliphatic carbocycles. The van der Waals surface area contributed by atoms with Crippen LogP contribution in [0, 0.1) is 5.41 Å². The van der Waals surface area contributed by atoms with Gasteiger partial charge in [-0.2, -0.15) is 0 Å². The van der Waals surface area contributed by atoms with Crippen molar-refractivity contribution in [1.82, 2.24) is 0 Å². The first-order valence-corrected chi connectivity index (χ1v) is 9.79. The first-order valence-electron chi connectivity index (χ1n) is 6.88. The molecule has 0 atom stereocenters. The van der Waals surface area contributed by atoms with Crippen LogP contribution >= 0.6 is 0 Å². The Hall–Kier alpha value is 0.137. The van der Waals surface area contributed by atoms with Crippen molar-refractivity contribution in [2.75, 3.05) is 6.61 Å². The zero-order valence-corrected chi connectivity index (χ0v) is 13.5. The fourth-order valence-corrected chi connectivity index (χ4v) is 3.58. The molecular formula is C14H30O2Si. The van der Waals surface area contributed by atoms with Crippen molar-refractivity contribution in [2.24, 2.45) is 5.41 Å². The molecule has 0 saturated heterocycles. The fourth-order valence-electron chi connectivity index (χ4n) is 2.16. The summed E-state index contributed by atoms with van der Waals surface area (Å²) in [7, 11) is -1.61. The minimum Gasteiger partial charge on any atom is -0.414 e. The van der Waals surface area contributed by atoms with E-state index in [9.17, 15) is 5.11 Å². The molecule has 1 saturated carbocycles. The van der Waals surface area contributed by atoms with Crippen LogP contribution in [0.2, 0.25) is 18.1 Å². The van der Waals surface area contributed by atoms with Crippen LogP contribution in [0.25, 0.3) is 0 Å². The van der Waals surface area contributed by atoms with Crippen LogP contribution in [0.3, 0.4) is 0 Å². The van der Waals surface area contributed by atoms with Crippen LogP contribution in [-0.2, 0) is 4.43 Å². The summed E-state index contributed by atoms with van der Waals surface area (Å²) in [5.41, 5.74) is 0.146. The van der Waals surface area contributed by atoms with Crippen molar-refractivity contribution in [1.29, 1.82) is 0 Å². The summed E-state index contributed by atoms with van der Waals surface area (Å²) in [5.74, 6) is 0. The molecule has 0 radical (unpaired) electrons. The van der Waals surface area contributed by atoms with Crippen LogP contribution in [-0.4, -0.2) is 26.1 Å². The molecule has 17 heavy (non-hydrogen) atoms. The first-order chi connectivity index (χ1) is 7.60. The Morgan fingerprint density at radius 1 is 1.24 bits per heavy atom. The molecule has 0 aliphatic heterocycles. The van der Waals surface area contributed by atoms with Gasteiger partial charge in [-0.15, -0.1) is 0 Å². The van der Waals surface area contributed by atoms with Crippen LogP contribution in [0.15, 0.2) is 0 Å². The average Bonchev–Trinajstić information content (AvgIpc) is 2.20. The third-order valence-corrected chi connectivity index (χ3v) is 9.32. The maximum absolute atomic E-state index is 9.37. The van der Waals surface area contributed by atoms with Crippen molar-refractivity contribution >= 4 is 8.32 Å². The van der Waals surface area contributed by atoms with Gasteiger partial charge in [0.1, 0.15) is 0 Å². The molecule has 2 nitrogen and oxygen atoms in total. The van der Waals surface area contributed by atoms with Gasteiger partial charge in [0.05, 0.1) is 0 Å². The molecule has 3 heteroatoms. The smallest absolute Gasteiger partial charge is 0.192 e. The van der Waals surface area contributed by atoms with Gasteiger partial charge in [-0.3, -0.25) is 0 Å². The molecule has 0 aromatic heterocycles. The zero-order chi connectivity index (χ0) is 13.3. The van der Waals surface area contributed by atoms with Crippen molar-refractivity contribution in [3.8, 4) is 0 Å². The van der Waals surface area contributed by atoms with Gasteiger partial charge >= 0.3 is 0 Å². The van der Waals surface area contributed by atoms with E-state index in [-0.39, 0.29) is 5.41 Å². The molecule has 0 aromatic rings. The van der Waals surface area contributed by atoms with E-state index in [4.69, 9.17) is 4.43 Å². The Morgan fingerprint density at radius 2 is 1.71 bits per heavy atom. The zero-order valence-electron chi connectivity index (χ0n) is 12.5. The van der Waals surface area contributed by atoms with E-state index in [1.54, 1.807) is 0 Å². The van der Waals surface area contributed by atoms with Crippen molar-refractivity contribution in [3.05, 3.63) is 0 Å². The van der Waals surface area contributed by atoms with Crippen molar-refractivity contribution < 1.29 is 9.53 Å². The van der Waals surface area contributed by atoms with Gasteiger partial charge in [-0.1, -0.05) is 27.7 Å². The Labute approximate surface area is 108 Å². The third-order valence-electron chi connectivity index (χ3n) is 4.79. The number of hydrogen-bond acceptors (Lipinski definition) is 2. The van der Waals surface area contributed by atoms with Crippen LogP contribution in [0.5, 0.6) is 0 Å². The second kappa shape index (κ2) is 5.02. The predicted molar refractivity (Wildman–Crippen MR) is 75.7 cm³/mol. The molecule has 0 amide bonds. The normalized spacial score (nSPS) is 31.6. The monoisotopic (exact) mass is 258 g/mol. The van der Waals surface area contributed by atoms with E-state index in [1.165, 1.54) is 0 Å². The van der Waals surface area contributed by atoms with E-state index in [2.05, 4.69) is 40.8 Å². The molecule has 0 bridgehead atoms. The minimum absolute atomic E-state index is 0.146. The summed E-state index contributed by atoms with van der Waals surface area (Å²) in [6.07, 6.45) is 4.86. The summed E-state index contributed by atoms with van der Waals surface area (Å²) in [5, 5.41) is 9.66. The summed E-state index contributed by atoms with van der Waals surface area (Å²) in [4.78, 5) is 0. The molecule has 0 heterocycles.